The van der Waals surface area contributed by atoms with Crippen LogP contribution in [0.2, 0.25) is 5.02 Å². The van der Waals surface area contributed by atoms with Crippen LogP contribution in [0.25, 0.3) is 0 Å². The Morgan fingerprint density at radius 3 is 2.68 bits per heavy atom. The Balaban J connectivity index is 2.04. The summed E-state index contributed by atoms with van der Waals surface area (Å²) in [5, 5.41) is 7.37. The fourth-order valence-electron chi connectivity index (χ4n) is 1.95. The maximum atomic E-state index is 11.7. The van der Waals surface area contributed by atoms with Crippen molar-refractivity contribution in [2.45, 2.75) is 31.8 Å². The van der Waals surface area contributed by atoms with Gasteiger partial charge in [0.05, 0.1) is 6.04 Å². The number of halogens is 1. The maximum Gasteiger partial charge on any atom is 0.243 e. The third kappa shape index (κ3) is 4.91. The zero-order chi connectivity index (χ0) is 16.1. The lowest BCUT2D eigenvalue weighted by Crippen LogP contribution is -2.41. The molecule has 0 saturated heterocycles. The second kappa shape index (κ2) is 7.49. The number of rotatable bonds is 5. The Hall–Kier alpha value is -1.75. The van der Waals surface area contributed by atoms with Gasteiger partial charge in [-0.2, -0.15) is 0 Å². The predicted molar refractivity (Wildman–Crippen MR) is 90.2 cm³/mol. The molecule has 0 bridgehead atoms. The molecule has 1 unspecified atom stereocenters. The zero-order valence-electron chi connectivity index (χ0n) is 13.3. The highest BCUT2D eigenvalue weighted by Gasteiger charge is 2.23. The Labute approximate surface area is 136 Å². The molecule has 1 saturated carbocycles. The molecule has 0 aliphatic heterocycles. The van der Waals surface area contributed by atoms with E-state index in [2.05, 4.69) is 15.6 Å². The van der Waals surface area contributed by atoms with Gasteiger partial charge in [-0.3, -0.25) is 4.79 Å². The third-order valence-electron chi connectivity index (χ3n) is 3.51. The molecule has 1 amide bonds. The number of amides is 1. The number of hydrogen-bond donors (Lipinski definition) is 2. The number of benzene rings is 1. The van der Waals surface area contributed by atoms with Gasteiger partial charge in [-0.1, -0.05) is 29.8 Å². The van der Waals surface area contributed by atoms with Gasteiger partial charge in [0.1, 0.15) is 6.54 Å². The van der Waals surface area contributed by atoms with Crippen molar-refractivity contribution in [2.75, 3.05) is 20.6 Å². The lowest BCUT2D eigenvalue weighted by atomic mass is 10.1. The maximum absolute atomic E-state index is 11.7. The average molecular weight is 323 g/mol. The monoisotopic (exact) mass is 322 g/mol. The SMILES string of the molecule is CC(NC(=NCC(=O)N(C)C)NC1CC1)c1ccccc1Cl. The Bertz CT molecular complexity index is 555. The van der Waals surface area contributed by atoms with E-state index >= 15 is 0 Å². The smallest absolute Gasteiger partial charge is 0.243 e. The summed E-state index contributed by atoms with van der Waals surface area (Å²) in [4.78, 5) is 17.6. The van der Waals surface area contributed by atoms with Crippen LogP contribution in [-0.2, 0) is 4.79 Å². The van der Waals surface area contributed by atoms with Crippen molar-refractivity contribution in [3.8, 4) is 0 Å². The van der Waals surface area contributed by atoms with Gasteiger partial charge in [-0.25, -0.2) is 4.99 Å². The summed E-state index contributed by atoms with van der Waals surface area (Å²) in [7, 11) is 3.46. The molecule has 2 N–H and O–H groups in total. The summed E-state index contributed by atoms with van der Waals surface area (Å²) in [5.41, 5.74) is 1.01. The molecule has 1 aliphatic rings. The number of nitrogens with zero attached hydrogens (tertiary/aromatic N) is 2. The lowest BCUT2D eigenvalue weighted by Gasteiger charge is -2.19. The van der Waals surface area contributed by atoms with Crippen LogP contribution in [0.4, 0.5) is 0 Å². The van der Waals surface area contributed by atoms with Crippen molar-refractivity contribution in [3.63, 3.8) is 0 Å². The van der Waals surface area contributed by atoms with E-state index < -0.39 is 0 Å². The zero-order valence-corrected chi connectivity index (χ0v) is 14.0. The molecule has 1 aliphatic carbocycles. The molecule has 1 fully saturated rings. The standard InChI is InChI=1S/C16H23ClN4O/c1-11(13-6-4-5-7-14(13)17)19-16(20-12-8-9-12)18-10-15(22)21(2)3/h4-7,11-12H,8-10H2,1-3H3,(H2,18,19,20). The summed E-state index contributed by atoms with van der Waals surface area (Å²) in [6.07, 6.45) is 2.28. The van der Waals surface area contributed by atoms with Crippen LogP contribution in [0.3, 0.4) is 0 Å². The van der Waals surface area contributed by atoms with Crippen molar-refractivity contribution in [2.24, 2.45) is 4.99 Å². The van der Waals surface area contributed by atoms with Gasteiger partial charge in [-0.05, 0) is 31.4 Å². The molecule has 22 heavy (non-hydrogen) atoms. The molecule has 1 aromatic rings. The summed E-state index contributed by atoms with van der Waals surface area (Å²) in [6, 6.07) is 8.19. The largest absolute Gasteiger partial charge is 0.354 e. The first kappa shape index (κ1) is 16.6. The minimum Gasteiger partial charge on any atom is -0.354 e. The van der Waals surface area contributed by atoms with Gasteiger partial charge < -0.3 is 15.5 Å². The number of carbonyl (C=O) groups excluding carboxylic acids is 1. The van der Waals surface area contributed by atoms with E-state index in [9.17, 15) is 4.79 Å². The van der Waals surface area contributed by atoms with E-state index in [0.717, 1.165) is 23.4 Å². The fraction of sp³-hybridized carbons (Fsp3) is 0.500. The van der Waals surface area contributed by atoms with Gasteiger partial charge in [0.25, 0.3) is 0 Å². The van der Waals surface area contributed by atoms with Crippen LogP contribution in [0.1, 0.15) is 31.4 Å². The second-order valence-electron chi connectivity index (χ2n) is 5.76. The molecule has 6 heteroatoms. The molecule has 1 atom stereocenters. The van der Waals surface area contributed by atoms with E-state index in [0.29, 0.717) is 12.0 Å². The average Bonchev–Trinajstić information content (AvgIpc) is 3.28. The van der Waals surface area contributed by atoms with Gasteiger partial charge in [0, 0.05) is 25.2 Å². The Kier molecular flexibility index (Phi) is 5.66. The fourth-order valence-corrected chi connectivity index (χ4v) is 2.25. The molecule has 0 aromatic heterocycles. The van der Waals surface area contributed by atoms with Crippen LogP contribution in [0.15, 0.2) is 29.3 Å². The predicted octanol–water partition coefficient (Wildman–Crippen LogP) is 2.19. The molecule has 1 aromatic carbocycles. The molecule has 120 valence electrons. The van der Waals surface area contributed by atoms with Crippen LogP contribution in [0.5, 0.6) is 0 Å². The van der Waals surface area contributed by atoms with Crippen LogP contribution in [-0.4, -0.2) is 43.4 Å². The molecule has 2 rings (SSSR count). The van der Waals surface area contributed by atoms with Gasteiger partial charge >= 0.3 is 0 Å². The van der Waals surface area contributed by atoms with Crippen LogP contribution < -0.4 is 10.6 Å². The first-order chi connectivity index (χ1) is 10.5. The lowest BCUT2D eigenvalue weighted by molar-refractivity contribution is -0.127. The highest BCUT2D eigenvalue weighted by atomic mass is 35.5. The summed E-state index contributed by atoms with van der Waals surface area (Å²) < 4.78 is 0. The third-order valence-corrected chi connectivity index (χ3v) is 3.86. The van der Waals surface area contributed by atoms with Gasteiger partial charge in [0.15, 0.2) is 5.96 Å². The molecule has 5 nitrogen and oxygen atoms in total. The topological polar surface area (TPSA) is 56.7 Å². The van der Waals surface area contributed by atoms with Crippen molar-refractivity contribution >= 4 is 23.5 Å². The molecule has 0 radical (unpaired) electrons. The van der Waals surface area contributed by atoms with Crippen molar-refractivity contribution in [3.05, 3.63) is 34.9 Å². The molecular formula is C16H23ClN4O. The number of guanidine groups is 1. The number of likely N-dealkylation sites (N-methyl/N-ethyl adjacent to an activating group) is 1. The normalized spacial score (nSPS) is 16.1. The van der Waals surface area contributed by atoms with E-state index in [1.54, 1.807) is 14.1 Å². The Morgan fingerprint density at radius 1 is 1.41 bits per heavy atom. The van der Waals surface area contributed by atoms with E-state index in [1.165, 1.54) is 4.90 Å². The number of hydrogen-bond acceptors (Lipinski definition) is 2. The minimum atomic E-state index is -0.0257. The molecule has 0 spiro atoms. The summed E-state index contributed by atoms with van der Waals surface area (Å²) in [5.74, 6) is 0.632. The molecule has 0 heterocycles. The number of nitrogens with one attached hydrogen (secondary N) is 2. The Morgan fingerprint density at radius 2 is 2.09 bits per heavy atom. The number of aliphatic imine (C=N–C) groups is 1. The van der Waals surface area contributed by atoms with Crippen molar-refractivity contribution in [1.82, 2.24) is 15.5 Å². The first-order valence-electron chi connectivity index (χ1n) is 7.49. The highest BCUT2D eigenvalue weighted by molar-refractivity contribution is 6.31. The van der Waals surface area contributed by atoms with E-state index in [4.69, 9.17) is 11.6 Å². The second-order valence-corrected chi connectivity index (χ2v) is 6.17. The van der Waals surface area contributed by atoms with Crippen LogP contribution in [0, 0.1) is 0 Å². The van der Waals surface area contributed by atoms with Crippen LogP contribution >= 0.6 is 11.6 Å². The highest BCUT2D eigenvalue weighted by Crippen LogP contribution is 2.23. The first-order valence-corrected chi connectivity index (χ1v) is 7.87. The summed E-state index contributed by atoms with van der Waals surface area (Å²) >= 11 is 6.23. The quantitative estimate of drug-likeness (QED) is 0.645. The number of carbonyl (C=O) groups is 1. The van der Waals surface area contributed by atoms with Gasteiger partial charge in [0.2, 0.25) is 5.91 Å². The molecular weight excluding hydrogens is 300 g/mol. The van der Waals surface area contributed by atoms with E-state index in [-0.39, 0.29) is 18.5 Å². The summed E-state index contributed by atoms with van der Waals surface area (Å²) in [6.45, 7) is 2.16. The van der Waals surface area contributed by atoms with E-state index in [1.807, 2.05) is 31.2 Å². The van der Waals surface area contributed by atoms with Crippen molar-refractivity contribution in [1.29, 1.82) is 0 Å². The minimum absolute atomic E-state index is 0.00755. The van der Waals surface area contributed by atoms with Crippen molar-refractivity contribution < 1.29 is 4.79 Å². The van der Waals surface area contributed by atoms with Gasteiger partial charge in [-0.15, -0.1) is 0 Å².